The molecule has 0 fully saturated rings. The van der Waals surface area contributed by atoms with Gasteiger partial charge in [-0.2, -0.15) is 0 Å². The van der Waals surface area contributed by atoms with E-state index < -0.39 is 8.07 Å². The molecule has 0 spiro atoms. The quantitative estimate of drug-likeness (QED) is 0.478. The van der Waals surface area contributed by atoms with E-state index >= 15 is 0 Å². The zero-order valence-corrected chi connectivity index (χ0v) is 10.8. The minimum absolute atomic E-state index is 0.496. The second-order valence-electron chi connectivity index (χ2n) is 4.45. The summed E-state index contributed by atoms with van der Waals surface area (Å²) >= 11 is 4.13. The van der Waals surface area contributed by atoms with Gasteiger partial charge in [0.1, 0.15) is 13.1 Å². The van der Waals surface area contributed by atoms with E-state index in [1.807, 2.05) is 0 Å². The molecule has 1 rings (SSSR count). The van der Waals surface area contributed by atoms with Crippen molar-refractivity contribution in [1.82, 2.24) is 14.8 Å². The topological polar surface area (TPSA) is 39.9 Å². The first kappa shape index (κ1) is 11.7. The lowest BCUT2D eigenvalue weighted by molar-refractivity contribution is 0.0813. The predicted octanol–water partition coefficient (Wildman–Crippen LogP) is 1.88. The van der Waals surface area contributed by atoms with E-state index in [9.17, 15) is 0 Å². The van der Waals surface area contributed by atoms with Crippen molar-refractivity contribution in [2.45, 2.75) is 37.6 Å². The van der Waals surface area contributed by atoms with Crippen LogP contribution in [0.5, 0.6) is 0 Å². The van der Waals surface area contributed by atoms with Crippen LogP contribution in [0, 0.1) is 0 Å². The Balaban J connectivity index is 2.20. The number of rotatable bonds is 5. The van der Waals surface area contributed by atoms with Crippen LogP contribution in [0.4, 0.5) is 0 Å². The maximum Gasteiger partial charge on any atom is 0.189 e. The van der Waals surface area contributed by atoms with Gasteiger partial charge >= 0.3 is 0 Å². The number of aromatic nitrogens is 3. The molecule has 0 aliphatic rings. The molecule has 0 saturated carbocycles. The molecule has 4 nitrogen and oxygen atoms in total. The first-order valence-corrected chi connectivity index (χ1v) is 8.79. The van der Waals surface area contributed by atoms with E-state index in [1.165, 1.54) is 6.04 Å². The molecule has 80 valence electrons. The van der Waals surface area contributed by atoms with E-state index in [4.69, 9.17) is 4.74 Å². The van der Waals surface area contributed by atoms with Gasteiger partial charge in [0.15, 0.2) is 5.16 Å². The summed E-state index contributed by atoms with van der Waals surface area (Å²) in [5.41, 5.74) is 0. The molecule has 0 aliphatic carbocycles. The normalized spacial score (nSPS) is 12.0. The molecule has 0 atom stereocenters. The SMILES string of the molecule is C[Si](C)(C)CCOCn1cnnc1S. The molecule has 1 heterocycles. The van der Waals surface area contributed by atoms with Crippen molar-refractivity contribution in [3.05, 3.63) is 6.33 Å². The molecular formula is C8H17N3OSSi. The monoisotopic (exact) mass is 231 g/mol. The van der Waals surface area contributed by atoms with Crippen LogP contribution in [-0.4, -0.2) is 29.4 Å². The van der Waals surface area contributed by atoms with Crippen LogP contribution in [0.1, 0.15) is 0 Å². The number of hydrogen-bond donors (Lipinski definition) is 1. The highest BCUT2D eigenvalue weighted by Gasteiger charge is 2.12. The molecule has 0 N–H and O–H groups in total. The van der Waals surface area contributed by atoms with Crippen molar-refractivity contribution in [3.8, 4) is 0 Å². The Morgan fingerprint density at radius 2 is 2.21 bits per heavy atom. The van der Waals surface area contributed by atoms with Gasteiger partial charge in [0.2, 0.25) is 0 Å². The van der Waals surface area contributed by atoms with Gasteiger partial charge in [-0.05, 0) is 6.04 Å². The van der Waals surface area contributed by atoms with Crippen molar-refractivity contribution in [1.29, 1.82) is 0 Å². The highest BCUT2D eigenvalue weighted by atomic mass is 32.1. The zero-order chi connectivity index (χ0) is 10.6. The zero-order valence-electron chi connectivity index (χ0n) is 8.90. The van der Waals surface area contributed by atoms with Crippen molar-refractivity contribution < 1.29 is 4.74 Å². The van der Waals surface area contributed by atoms with Crippen LogP contribution in [-0.2, 0) is 11.5 Å². The fourth-order valence-corrected chi connectivity index (χ4v) is 1.80. The van der Waals surface area contributed by atoms with Crippen molar-refractivity contribution in [2.75, 3.05) is 6.61 Å². The summed E-state index contributed by atoms with van der Waals surface area (Å²) in [4.78, 5) is 0. The van der Waals surface area contributed by atoms with Gasteiger partial charge in [-0.15, -0.1) is 22.8 Å². The van der Waals surface area contributed by atoms with Crippen LogP contribution in [0.3, 0.4) is 0 Å². The molecule has 6 heteroatoms. The predicted molar refractivity (Wildman–Crippen MR) is 61.4 cm³/mol. The molecule has 14 heavy (non-hydrogen) atoms. The van der Waals surface area contributed by atoms with E-state index in [1.54, 1.807) is 10.9 Å². The minimum atomic E-state index is -0.977. The fourth-order valence-electron chi connectivity index (χ4n) is 0.881. The maximum absolute atomic E-state index is 5.50. The molecule has 0 unspecified atom stereocenters. The summed E-state index contributed by atoms with van der Waals surface area (Å²) in [7, 11) is -0.977. The summed E-state index contributed by atoms with van der Waals surface area (Å²) in [6.45, 7) is 8.30. The largest absolute Gasteiger partial charge is 0.361 e. The first-order chi connectivity index (χ1) is 6.49. The van der Waals surface area contributed by atoms with Crippen LogP contribution in [0.2, 0.25) is 25.7 Å². The number of nitrogens with zero attached hydrogens (tertiary/aromatic N) is 3. The third-order valence-electron chi connectivity index (χ3n) is 1.82. The maximum atomic E-state index is 5.50. The minimum Gasteiger partial charge on any atom is -0.361 e. The first-order valence-electron chi connectivity index (χ1n) is 4.63. The Morgan fingerprint density at radius 3 is 2.71 bits per heavy atom. The fraction of sp³-hybridized carbons (Fsp3) is 0.750. The van der Waals surface area contributed by atoms with Gasteiger partial charge in [0, 0.05) is 14.7 Å². The lowest BCUT2D eigenvalue weighted by Gasteiger charge is -2.15. The van der Waals surface area contributed by atoms with Crippen LogP contribution < -0.4 is 0 Å². The second-order valence-corrected chi connectivity index (χ2v) is 10.5. The second kappa shape index (κ2) is 4.95. The summed E-state index contributed by atoms with van der Waals surface area (Å²) in [6, 6.07) is 1.18. The van der Waals surface area contributed by atoms with Gasteiger partial charge in [0.05, 0.1) is 0 Å². The Morgan fingerprint density at radius 1 is 1.50 bits per heavy atom. The van der Waals surface area contributed by atoms with Crippen LogP contribution in [0.25, 0.3) is 0 Å². The molecule has 0 amide bonds. The lowest BCUT2D eigenvalue weighted by atomic mass is 10.8. The third kappa shape index (κ3) is 4.25. The third-order valence-corrected chi connectivity index (χ3v) is 3.87. The summed E-state index contributed by atoms with van der Waals surface area (Å²) < 4.78 is 7.27. The lowest BCUT2D eigenvalue weighted by Crippen LogP contribution is -2.22. The summed E-state index contributed by atoms with van der Waals surface area (Å²) in [6.07, 6.45) is 1.62. The van der Waals surface area contributed by atoms with Gasteiger partial charge in [-0.1, -0.05) is 19.6 Å². The Kier molecular flexibility index (Phi) is 4.15. The van der Waals surface area contributed by atoms with Gasteiger partial charge in [-0.3, -0.25) is 4.57 Å². The highest BCUT2D eigenvalue weighted by molar-refractivity contribution is 7.80. The average molecular weight is 231 g/mol. The Labute approximate surface area is 91.1 Å². The Bertz CT molecular complexity index is 284. The van der Waals surface area contributed by atoms with Gasteiger partial charge in [-0.25, -0.2) is 0 Å². The number of thiol groups is 1. The number of ether oxygens (including phenoxy) is 1. The van der Waals surface area contributed by atoms with Gasteiger partial charge < -0.3 is 4.74 Å². The standard InChI is InChI=1S/C8H17N3OSSi/c1-14(2,3)5-4-12-7-11-6-9-10-8(11)13/h6H,4-5,7H2,1-3H3,(H,10,13). The molecule has 1 aromatic rings. The molecule has 0 bridgehead atoms. The van der Waals surface area contributed by atoms with E-state index in [-0.39, 0.29) is 0 Å². The van der Waals surface area contributed by atoms with E-state index in [2.05, 4.69) is 42.5 Å². The number of hydrogen-bond acceptors (Lipinski definition) is 4. The highest BCUT2D eigenvalue weighted by Crippen LogP contribution is 2.08. The van der Waals surface area contributed by atoms with Gasteiger partial charge in [0.25, 0.3) is 0 Å². The summed E-state index contributed by atoms with van der Waals surface area (Å²) in [5, 5.41) is 8.06. The average Bonchev–Trinajstić information content (AvgIpc) is 2.44. The smallest absolute Gasteiger partial charge is 0.189 e. The van der Waals surface area contributed by atoms with E-state index in [0.29, 0.717) is 11.9 Å². The Hall–Kier alpha value is -0.333. The van der Waals surface area contributed by atoms with Crippen molar-refractivity contribution in [3.63, 3.8) is 0 Å². The molecule has 0 aromatic carbocycles. The van der Waals surface area contributed by atoms with Crippen LogP contribution >= 0.6 is 12.6 Å². The van der Waals surface area contributed by atoms with E-state index in [0.717, 1.165) is 6.61 Å². The van der Waals surface area contributed by atoms with Crippen molar-refractivity contribution in [2.24, 2.45) is 0 Å². The molecule has 0 aliphatic heterocycles. The van der Waals surface area contributed by atoms with Crippen LogP contribution in [0.15, 0.2) is 11.5 Å². The molecule has 0 radical (unpaired) electrons. The van der Waals surface area contributed by atoms with Crippen molar-refractivity contribution >= 4 is 20.7 Å². The molecule has 0 saturated heterocycles. The summed E-state index contributed by atoms with van der Waals surface area (Å²) in [5.74, 6) is 0. The molecular weight excluding hydrogens is 214 g/mol. The molecule has 1 aromatic heterocycles.